The maximum Gasteiger partial charge on any atom is 0.245 e. The molecule has 1 rings (SSSR count). The number of nitrogens with zero attached hydrogens (tertiary/aromatic N) is 7. The molecule has 0 bridgehead atoms. The second-order valence-electron chi connectivity index (χ2n) is 23.1. The smallest absolute Gasteiger partial charge is 0.245 e. The van der Waals surface area contributed by atoms with Crippen molar-refractivity contribution in [3.8, 4) is 0 Å². The molecule has 13 amide bonds. The van der Waals surface area contributed by atoms with E-state index in [0.717, 1.165) is 4.90 Å². The van der Waals surface area contributed by atoms with Crippen molar-refractivity contribution in [2.75, 3.05) is 64.7 Å². The van der Waals surface area contributed by atoms with E-state index in [-0.39, 0.29) is 184 Å². The maximum atomic E-state index is 15.2. The van der Waals surface area contributed by atoms with Crippen LogP contribution in [0.2, 0.25) is 0 Å². The summed E-state index contributed by atoms with van der Waals surface area (Å²) in [5, 5.41) is 25.5. The standard InChI is InChI=1S/C56H105N31O13S/c1-29-43(93)81-32(11-4-21-74-53(63)64)48(98)85-36(14-7-24-77-56(69)70)50(100)87(26-8-25-71-39(89)17-18-40(90)79-30(9-2-19-72-51(59)60)45(95)84-35(44(94)78-29)15-16-38(57)88)27-41(91)80-31(10-3-20-73-52(61)62)46(96)82-33(12-5-22-75-54(65)66)47(97)83-34(13-6-23-76-55(67)68)49(99)86-37(28-101)42(58)92/h29-37,101H,2-28H2,1H3,(H2,57,88)(H2,58,92)(H,71,89)(H,78,94)(H,79,90)(H,80,91)(H,81,93)(H,82,96)(H,83,97)(H,84,95)(H,85,98)(H,86,99)(H4,59,60,72)(H4,61,62,73)(H4,63,64,74)(H4,65,66,75)(H4,67,68,76)(H4,69,70,77)/t29-,30-,31-,32-,33-,34-,35-,36-,37-/m0/s1. The monoisotopic (exact) mass is 1450 g/mol. The fraction of sp³-hybridized carbons (Fsp3) is 0.661. The van der Waals surface area contributed by atoms with Gasteiger partial charge in [0.15, 0.2) is 35.8 Å². The summed E-state index contributed by atoms with van der Waals surface area (Å²) in [7, 11) is 0. The van der Waals surface area contributed by atoms with Crippen LogP contribution in [-0.2, 0) is 62.3 Å². The van der Waals surface area contributed by atoms with E-state index < -0.39 is 157 Å². The lowest BCUT2D eigenvalue weighted by Gasteiger charge is -2.30. The number of guanidine groups is 6. The van der Waals surface area contributed by atoms with Crippen LogP contribution in [0.5, 0.6) is 0 Å². The first-order valence-corrected chi connectivity index (χ1v) is 33.0. The molecule has 0 saturated carbocycles. The van der Waals surface area contributed by atoms with Gasteiger partial charge in [-0.15, -0.1) is 0 Å². The highest BCUT2D eigenvalue weighted by Crippen LogP contribution is 2.12. The van der Waals surface area contributed by atoms with Crippen LogP contribution in [0.4, 0.5) is 0 Å². The molecule has 1 fully saturated rings. The van der Waals surface area contributed by atoms with Crippen molar-refractivity contribution in [1.82, 2.24) is 58.1 Å². The fourth-order valence-corrected chi connectivity index (χ4v) is 9.67. The quantitative estimate of drug-likeness (QED) is 0.0118. The van der Waals surface area contributed by atoms with Crippen LogP contribution in [-0.4, -0.2) is 236 Å². The largest absolute Gasteiger partial charge is 0.370 e. The van der Waals surface area contributed by atoms with Crippen molar-refractivity contribution in [2.45, 2.75) is 170 Å². The molecule has 1 saturated heterocycles. The van der Waals surface area contributed by atoms with Gasteiger partial charge in [0.05, 0.1) is 6.54 Å². The summed E-state index contributed by atoms with van der Waals surface area (Å²) in [5.41, 5.74) is 77.3. The van der Waals surface area contributed by atoms with E-state index in [1.54, 1.807) is 0 Å². The van der Waals surface area contributed by atoms with Crippen LogP contribution in [0.15, 0.2) is 30.0 Å². The molecule has 44 nitrogen and oxygen atoms in total. The van der Waals surface area contributed by atoms with E-state index in [1.165, 1.54) is 6.92 Å². The molecule has 0 aromatic heterocycles. The minimum atomic E-state index is -1.57. The number of thiol groups is 1. The summed E-state index contributed by atoms with van der Waals surface area (Å²) in [5.74, 6) is -13.8. The van der Waals surface area contributed by atoms with Gasteiger partial charge in [0, 0.05) is 77.4 Å². The summed E-state index contributed by atoms with van der Waals surface area (Å²) in [6.45, 7) is -0.477. The number of nitrogens with one attached hydrogen (secondary N) is 10. The Morgan fingerprint density at radius 3 is 1.23 bits per heavy atom. The van der Waals surface area contributed by atoms with Gasteiger partial charge >= 0.3 is 0 Å². The third-order valence-corrected chi connectivity index (χ3v) is 14.9. The molecule has 0 spiro atoms. The van der Waals surface area contributed by atoms with Crippen molar-refractivity contribution >= 4 is 125 Å². The van der Waals surface area contributed by atoms with Gasteiger partial charge in [0.1, 0.15) is 54.4 Å². The molecule has 0 aromatic rings. The highest BCUT2D eigenvalue weighted by Gasteiger charge is 2.36. The van der Waals surface area contributed by atoms with Crippen LogP contribution >= 0.6 is 12.6 Å². The normalized spacial score (nSPS) is 18.6. The highest BCUT2D eigenvalue weighted by molar-refractivity contribution is 7.80. The third-order valence-electron chi connectivity index (χ3n) is 14.5. The summed E-state index contributed by atoms with van der Waals surface area (Å²) >= 11 is 4.08. The first kappa shape index (κ1) is 88.1. The Balaban J connectivity index is 4.14. The Labute approximate surface area is 588 Å². The average Bonchev–Trinajstić information content (AvgIpc) is 0.890. The minimum Gasteiger partial charge on any atom is -0.370 e. The molecule has 9 atom stereocenters. The van der Waals surface area contributed by atoms with E-state index in [1.807, 2.05) is 0 Å². The van der Waals surface area contributed by atoms with Crippen LogP contribution < -0.4 is 133 Å². The molecule has 1 aliphatic rings. The lowest BCUT2D eigenvalue weighted by atomic mass is 10.0. The number of aliphatic imine (C=N–C) groups is 6. The Bertz CT molecular complexity index is 2960. The number of carbonyl (C=O) groups excluding carboxylic acids is 13. The Morgan fingerprint density at radius 2 is 0.812 bits per heavy atom. The van der Waals surface area contributed by atoms with Crippen molar-refractivity contribution < 1.29 is 62.3 Å². The van der Waals surface area contributed by atoms with Gasteiger partial charge in [-0.3, -0.25) is 92.3 Å². The lowest BCUT2D eigenvalue weighted by molar-refractivity contribution is -0.141. The predicted octanol–water partition coefficient (Wildman–Crippen LogP) is -12.5. The molecule has 101 heavy (non-hydrogen) atoms. The zero-order valence-corrected chi connectivity index (χ0v) is 57.7. The molecule has 0 aromatic carbocycles. The number of hydrogen-bond acceptors (Lipinski definition) is 20. The fourth-order valence-electron chi connectivity index (χ4n) is 9.40. The summed E-state index contributed by atoms with van der Waals surface area (Å²) in [4.78, 5) is 205. The molecule has 0 unspecified atom stereocenters. The Hall–Kier alpha value is -10.9. The van der Waals surface area contributed by atoms with E-state index >= 15 is 4.79 Å². The summed E-state index contributed by atoms with van der Waals surface area (Å²) < 4.78 is 0. The minimum absolute atomic E-state index is 0.000681. The predicted molar refractivity (Wildman–Crippen MR) is 377 cm³/mol. The van der Waals surface area contributed by atoms with Crippen LogP contribution in [0.3, 0.4) is 0 Å². The van der Waals surface area contributed by atoms with Crippen molar-refractivity contribution in [1.29, 1.82) is 0 Å². The molecule has 38 N–H and O–H groups in total. The number of amides is 13. The van der Waals surface area contributed by atoms with Gasteiger partial charge in [0.25, 0.3) is 0 Å². The summed E-state index contributed by atoms with van der Waals surface area (Å²) in [6.07, 6.45) is -2.63. The molecule has 45 heteroatoms. The SMILES string of the molecule is C[C@@H]1NC(=O)[C@H](CCC(N)=O)NC(=O)[C@H](CCCN=C(N)N)NC(=O)CCC(=O)NCCCN(CC(=O)N[C@@H](CCCN=C(N)N)C(=O)N[C@@H](CCCN=C(N)N)C(=O)N[C@@H](CCCN=C(N)N)C(=O)N[C@@H](CS)C(N)=O)C(=O)[C@H](CCCN=C(N)N)NC(=O)[C@H](CCCN=C(N)N)NC1=O. The molecule has 1 heterocycles. The number of rotatable bonds is 38. The Kier molecular flexibility index (Phi) is 42.5. The third kappa shape index (κ3) is 39.9. The van der Waals surface area contributed by atoms with Crippen LogP contribution in [0, 0.1) is 0 Å². The van der Waals surface area contributed by atoms with Crippen LogP contribution in [0.1, 0.15) is 116 Å². The van der Waals surface area contributed by atoms with Crippen molar-refractivity contribution in [3.05, 3.63) is 0 Å². The first-order valence-electron chi connectivity index (χ1n) is 32.4. The van der Waals surface area contributed by atoms with E-state index in [9.17, 15) is 57.5 Å². The van der Waals surface area contributed by atoms with E-state index in [0.29, 0.717) is 0 Å². The van der Waals surface area contributed by atoms with Crippen molar-refractivity contribution in [3.63, 3.8) is 0 Å². The van der Waals surface area contributed by atoms with Gasteiger partial charge in [-0.25, -0.2) is 0 Å². The number of hydrogen-bond donors (Lipinski definition) is 25. The van der Waals surface area contributed by atoms with Crippen LogP contribution in [0.25, 0.3) is 0 Å². The number of primary amides is 2. The van der Waals surface area contributed by atoms with Gasteiger partial charge in [-0.2, -0.15) is 12.6 Å². The molecule has 0 aliphatic carbocycles. The highest BCUT2D eigenvalue weighted by atomic mass is 32.1. The Morgan fingerprint density at radius 1 is 0.455 bits per heavy atom. The topological polar surface area (TPSA) is 784 Å². The zero-order chi connectivity index (χ0) is 76.1. The number of carbonyl (C=O) groups is 13. The van der Waals surface area contributed by atoms with Gasteiger partial charge < -0.3 is 138 Å². The van der Waals surface area contributed by atoms with Gasteiger partial charge in [-0.1, -0.05) is 0 Å². The lowest BCUT2D eigenvalue weighted by Crippen LogP contribution is -2.59. The van der Waals surface area contributed by atoms with E-state index in [4.69, 9.17) is 80.3 Å². The maximum absolute atomic E-state index is 15.2. The second kappa shape index (κ2) is 48.7. The molecule has 1 aliphatic heterocycles. The van der Waals surface area contributed by atoms with Crippen molar-refractivity contribution in [2.24, 2.45) is 110 Å². The molecular weight excluding hydrogens is 1350 g/mol. The number of nitrogens with two attached hydrogens (primary N) is 14. The first-order chi connectivity index (χ1) is 47.6. The van der Waals surface area contributed by atoms with Gasteiger partial charge in [-0.05, 0) is 96.8 Å². The molecule has 0 radical (unpaired) electrons. The van der Waals surface area contributed by atoms with Gasteiger partial charge in [0.2, 0.25) is 76.8 Å². The molecule has 568 valence electrons. The second-order valence-corrected chi connectivity index (χ2v) is 23.4. The van der Waals surface area contributed by atoms with E-state index in [2.05, 4.69) is 95.8 Å². The average molecular weight is 1450 g/mol. The summed E-state index contributed by atoms with van der Waals surface area (Å²) in [6, 6.07) is -13.2. The molecular formula is C56H105N31O13S. The zero-order valence-electron chi connectivity index (χ0n) is 56.8.